The van der Waals surface area contributed by atoms with Crippen molar-refractivity contribution < 1.29 is 17.9 Å². The summed E-state index contributed by atoms with van der Waals surface area (Å²) in [6.45, 7) is 3.55. The second-order valence-corrected chi connectivity index (χ2v) is 7.89. The first kappa shape index (κ1) is 18.8. The molecule has 0 radical (unpaired) electrons. The quantitative estimate of drug-likeness (QED) is 0.801. The van der Waals surface area contributed by atoms with E-state index in [2.05, 4.69) is 9.62 Å². The smallest absolute Gasteiger partial charge is 0.241 e. The van der Waals surface area contributed by atoms with Crippen LogP contribution in [0.25, 0.3) is 0 Å². The minimum Gasteiger partial charge on any atom is -0.497 e. The Bertz CT molecular complexity index is 788. The third-order valence-electron chi connectivity index (χ3n) is 4.41. The van der Waals surface area contributed by atoms with Gasteiger partial charge in [0.2, 0.25) is 10.0 Å². The van der Waals surface area contributed by atoms with Crippen LogP contribution in [-0.2, 0) is 14.8 Å². The predicted molar refractivity (Wildman–Crippen MR) is 99.8 cm³/mol. The Morgan fingerprint density at radius 2 is 1.73 bits per heavy atom. The number of rotatable bonds is 7. The second kappa shape index (κ2) is 8.64. The van der Waals surface area contributed by atoms with E-state index >= 15 is 0 Å². The summed E-state index contributed by atoms with van der Waals surface area (Å²) in [6, 6.07) is 15.7. The fraction of sp³-hybridized carbons (Fsp3) is 0.368. The van der Waals surface area contributed by atoms with Crippen LogP contribution in [0.2, 0.25) is 0 Å². The molecule has 26 heavy (non-hydrogen) atoms. The number of nitrogens with zero attached hydrogens (tertiary/aromatic N) is 1. The second-order valence-electron chi connectivity index (χ2n) is 6.17. The topological polar surface area (TPSA) is 67.9 Å². The number of ether oxygens (including phenoxy) is 2. The van der Waals surface area contributed by atoms with E-state index in [1.807, 2.05) is 30.3 Å². The number of morpholine rings is 1. The molecule has 1 aliphatic rings. The Balaban J connectivity index is 1.81. The third kappa shape index (κ3) is 4.82. The van der Waals surface area contributed by atoms with E-state index < -0.39 is 10.0 Å². The van der Waals surface area contributed by atoms with Crippen LogP contribution in [0, 0.1) is 0 Å². The highest BCUT2D eigenvalue weighted by atomic mass is 32.2. The highest BCUT2D eigenvalue weighted by molar-refractivity contribution is 7.89. The van der Waals surface area contributed by atoms with Crippen molar-refractivity contribution in [3.63, 3.8) is 0 Å². The highest BCUT2D eigenvalue weighted by Gasteiger charge is 2.24. The normalized spacial score (nSPS) is 17.0. The van der Waals surface area contributed by atoms with Gasteiger partial charge in [-0.05, 0) is 29.8 Å². The SMILES string of the molecule is COc1ccc(S(=O)(=O)N[C@@H](CN2CCOCC2)c2ccccc2)cc1. The molecule has 0 amide bonds. The summed E-state index contributed by atoms with van der Waals surface area (Å²) in [5.41, 5.74) is 0.941. The van der Waals surface area contributed by atoms with Gasteiger partial charge in [-0.2, -0.15) is 0 Å². The highest BCUT2D eigenvalue weighted by Crippen LogP contribution is 2.21. The number of nitrogens with one attached hydrogen (secondary N) is 1. The van der Waals surface area contributed by atoms with Gasteiger partial charge in [0, 0.05) is 19.6 Å². The molecule has 0 unspecified atom stereocenters. The lowest BCUT2D eigenvalue weighted by molar-refractivity contribution is 0.0345. The van der Waals surface area contributed by atoms with Crippen molar-refractivity contribution in [3.8, 4) is 5.75 Å². The first-order valence-electron chi connectivity index (χ1n) is 8.60. The van der Waals surface area contributed by atoms with Gasteiger partial charge < -0.3 is 9.47 Å². The average molecular weight is 376 g/mol. The van der Waals surface area contributed by atoms with E-state index in [1.54, 1.807) is 31.4 Å². The summed E-state index contributed by atoms with van der Waals surface area (Å²) in [5.74, 6) is 0.622. The van der Waals surface area contributed by atoms with Gasteiger partial charge in [0.1, 0.15) is 5.75 Å². The minimum atomic E-state index is -3.65. The Labute approximate surface area is 154 Å². The van der Waals surface area contributed by atoms with Crippen LogP contribution in [0.15, 0.2) is 59.5 Å². The molecule has 1 fully saturated rings. The molecular weight excluding hydrogens is 352 g/mol. The van der Waals surface area contributed by atoms with Crippen LogP contribution in [0.3, 0.4) is 0 Å². The number of benzene rings is 2. The van der Waals surface area contributed by atoms with Gasteiger partial charge >= 0.3 is 0 Å². The van der Waals surface area contributed by atoms with Gasteiger partial charge in [0.25, 0.3) is 0 Å². The van der Waals surface area contributed by atoms with Crippen molar-refractivity contribution in [2.75, 3.05) is 40.0 Å². The molecule has 1 heterocycles. The van der Waals surface area contributed by atoms with E-state index in [0.717, 1.165) is 18.7 Å². The molecule has 1 aliphatic heterocycles. The Kier molecular flexibility index (Phi) is 6.26. The number of sulfonamides is 1. The monoisotopic (exact) mass is 376 g/mol. The molecule has 140 valence electrons. The lowest BCUT2D eigenvalue weighted by atomic mass is 10.1. The van der Waals surface area contributed by atoms with Gasteiger partial charge in [0.05, 0.1) is 31.3 Å². The first-order valence-corrected chi connectivity index (χ1v) is 10.1. The molecule has 1 atom stereocenters. The summed E-state index contributed by atoms with van der Waals surface area (Å²) in [7, 11) is -2.10. The fourth-order valence-electron chi connectivity index (χ4n) is 2.95. The van der Waals surface area contributed by atoms with Gasteiger partial charge in [-0.1, -0.05) is 30.3 Å². The van der Waals surface area contributed by atoms with Gasteiger partial charge in [0.15, 0.2) is 0 Å². The maximum Gasteiger partial charge on any atom is 0.241 e. The Morgan fingerprint density at radius 1 is 1.08 bits per heavy atom. The van der Waals surface area contributed by atoms with Crippen molar-refractivity contribution in [2.24, 2.45) is 0 Å². The van der Waals surface area contributed by atoms with Crippen molar-refractivity contribution in [1.82, 2.24) is 9.62 Å². The van der Waals surface area contributed by atoms with Gasteiger partial charge in [-0.3, -0.25) is 4.90 Å². The van der Waals surface area contributed by atoms with Crippen LogP contribution in [0.4, 0.5) is 0 Å². The molecule has 1 N–H and O–H groups in total. The summed E-state index contributed by atoms with van der Waals surface area (Å²) >= 11 is 0. The molecule has 0 spiro atoms. The molecule has 3 rings (SSSR count). The summed E-state index contributed by atoms with van der Waals surface area (Å²) in [6.07, 6.45) is 0. The standard InChI is InChI=1S/C19H24N2O4S/c1-24-17-7-9-18(10-8-17)26(22,23)20-19(16-5-3-2-4-6-16)15-21-11-13-25-14-12-21/h2-10,19-20H,11-15H2,1H3/t19-/m0/s1. The Morgan fingerprint density at radius 3 is 2.35 bits per heavy atom. The van der Waals surface area contributed by atoms with Crippen LogP contribution in [0.5, 0.6) is 5.75 Å². The van der Waals surface area contributed by atoms with E-state index in [1.165, 1.54) is 0 Å². The molecule has 0 bridgehead atoms. The maximum absolute atomic E-state index is 12.9. The van der Waals surface area contributed by atoms with Crippen LogP contribution in [-0.4, -0.2) is 53.3 Å². The molecule has 0 aromatic heterocycles. The van der Waals surface area contributed by atoms with E-state index in [-0.39, 0.29) is 10.9 Å². The van der Waals surface area contributed by atoms with E-state index in [9.17, 15) is 8.42 Å². The fourth-order valence-corrected chi connectivity index (χ4v) is 4.16. The van der Waals surface area contributed by atoms with Crippen LogP contribution in [0.1, 0.15) is 11.6 Å². The Hall–Kier alpha value is -1.93. The molecule has 2 aromatic carbocycles. The van der Waals surface area contributed by atoms with Gasteiger partial charge in [-0.15, -0.1) is 0 Å². The molecule has 1 saturated heterocycles. The largest absolute Gasteiger partial charge is 0.497 e. The zero-order valence-corrected chi connectivity index (χ0v) is 15.6. The zero-order chi connectivity index (χ0) is 18.4. The lowest BCUT2D eigenvalue weighted by Crippen LogP contribution is -2.43. The van der Waals surface area contributed by atoms with Crippen molar-refractivity contribution in [3.05, 3.63) is 60.2 Å². The maximum atomic E-state index is 12.9. The number of methoxy groups -OCH3 is 1. The lowest BCUT2D eigenvalue weighted by Gasteiger charge is -2.31. The summed E-state index contributed by atoms with van der Waals surface area (Å²) < 4.78 is 39.1. The van der Waals surface area contributed by atoms with Crippen molar-refractivity contribution in [1.29, 1.82) is 0 Å². The third-order valence-corrected chi connectivity index (χ3v) is 5.90. The van der Waals surface area contributed by atoms with Crippen molar-refractivity contribution >= 4 is 10.0 Å². The summed E-state index contributed by atoms with van der Waals surface area (Å²) in [5, 5.41) is 0. The van der Waals surface area contributed by atoms with Crippen LogP contribution < -0.4 is 9.46 Å². The van der Waals surface area contributed by atoms with E-state index in [4.69, 9.17) is 9.47 Å². The number of hydrogen-bond donors (Lipinski definition) is 1. The molecule has 0 aliphatic carbocycles. The molecule has 6 nitrogen and oxygen atoms in total. The first-order chi connectivity index (χ1) is 12.6. The summed E-state index contributed by atoms with van der Waals surface area (Å²) in [4.78, 5) is 2.44. The molecule has 2 aromatic rings. The molecular formula is C19H24N2O4S. The number of hydrogen-bond acceptors (Lipinski definition) is 5. The molecule has 0 saturated carbocycles. The average Bonchev–Trinajstić information content (AvgIpc) is 2.69. The zero-order valence-electron chi connectivity index (χ0n) is 14.8. The van der Waals surface area contributed by atoms with Gasteiger partial charge in [-0.25, -0.2) is 13.1 Å². The van der Waals surface area contributed by atoms with E-state index in [0.29, 0.717) is 25.5 Å². The minimum absolute atomic E-state index is 0.223. The predicted octanol–water partition coefficient (Wildman–Crippen LogP) is 2.05. The van der Waals surface area contributed by atoms with Crippen molar-refractivity contribution in [2.45, 2.75) is 10.9 Å². The molecule has 7 heteroatoms. The van der Waals surface area contributed by atoms with Crippen LogP contribution >= 0.6 is 0 Å².